The molecule has 2 aromatic carbocycles. The van der Waals surface area contributed by atoms with Crippen molar-refractivity contribution < 1.29 is 9.53 Å². The summed E-state index contributed by atoms with van der Waals surface area (Å²) in [5.41, 5.74) is 2.48. The average molecular weight is 396 g/mol. The van der Waals surface area contributed by atoms with E-state index in [1.807, 2.05) is 36.4 Å². The van der Waals surface area contributed by atoms with Crippen molar-refractivity contribution in [2.75, 3.05) is 4.65 Å². The summed E-state index contributed by atoms with van der Waals surface area (Å²) in [6, 6.07) is 20.5. The van der Waals surface area contributed by atoms with Gasteiger partial charge in [0, 0.05) is 0 Å². The number of carbonyl (C=O) groups excluding carboxylic acids is 1. The predicted octanol–water partition coefficient (Wildman–Crippen LogP) is 3.59. The van der Waals surface area contributed by atoms with Crippen LogP contribution in [0.4, 0.5) is 0 Å². The minimum atomic E-state index is -0.389. The Balaban J connectivity index is 1.83. The Hall–Kier alpha value is -1.14. The van der Waals surface area contributed by atoms with Gasteiger partial charge in [-0.15, -0.1) is 0 Å². The van der Waals surface area contributed by atoms with Crippen molar-refractivity contribution in [2.45, 2.75) is 23.9 Å². The van der Waals surface area contributed by atoms with Crippen molar-refractivity contribution in [3.63, 3.8) is 0 Å². The van der Waals surface area contributed by atoms with Crippen LogP contribution in [0.2, 0.25) is 0 Å². The number of benzene rings is 2. The van der Waals surface area contributed by atoms with Crippen LogP contribution in [0, 0.1) is 0 Å². The summed E-state index contributed by atoms with van der Waals surface area (Å²) in [5, 5.41) is 0. The third-order valence-electron chi connectivity index (χ3n) is 3.11. The Labute approximate surface area is 136 Å². The minimum absolute atomic E-state index is 0.261. The second-order valence-electron chi connectivity index (χ2n) is 4.92. The van der Waals surface area contributed by atoms with Crippen LogP contribution in [0.3, 0.4) is 0 Å². The molecule has 3 heteroatoms. The van der Waals surface area contributed by atoms with E-state index in [0.29, 0.717) is 17.0 Å². The number of hydrogen-bond acceptors (Lipinski definition) is 2. The van der Waals surface area contributed by atoms with Crippen LogP contribution < -0.4 is 0 Å². The molecule has 0 spiro atoms. The Morgan fingerprint density at radius 1 is 1.05 bits per heavy atom. The second kappa shape index (κ2) is 9.00. The fourth-order valence-electron chi connectivity index (χ4n) is 2.07. The number of rotatable bonds is 8. The summed E-state index contributed by atoms with van der Waals surface area (Å²) in [6.07, 6.45) is 0.640. The quantitative estimate of drug-likeness (QED) is 0.504. The molecule has 0 aromatic heterocycles. The fourth-order valence-corrected chi connectivity index (χ4v) is 5.05. The van der Waals surface area contributed by atoms with E-state index < -0.39 is 0 Å². The van der Waals surface area contributed by atoms with E-state index in [-0.39, 0.29) is 26.7 Å². The number of ketones is 1. The second-order valence-corrected chi connectivity index (χ2v) is 8.17. The average Bonchev–Trinajstić information content (AvgIpc) is 2.52. The molecule has 0 heterocycles. The molecule has 0 aliphatic carbocycles. The molecule has 0 aliphatic heterocycles. The molecule has 0 N–H and O–H groups in total. The van der Waals surface area contributed by atoms with Crippen molar-refractivity contribution in [1.82, 2.24) is 0 Å². The van der Waals surface area contributed by atoms with Crippen molar-refractivity contribution in [3.05, 3.63) is 71.8 Å². The molecule has 0 fully saturated rings. The Morgan fingerprint density at radius 3 is 2.29 bits per heavy atom. The molecule has 0 saturated carbocycles. The monoisotopic (exact) mass is 398 g/mol. The molecule has 1 unspecified atom stereocenters. The van der Waals surface area contributed by atoms with Crippen molar-refractivity contribution in [1.29, 1.82) is 0 Å². The Morgan fingerprint density at radius 2 is 1.67 bits per heavy atom. The van der Waals surface area contributed by atoms with E-state index in [4.69, 9.17) is 4.74 Å². The van der Waals surface area contributed by atoms with Gasteiger partial charge in [-0.3, -0.25) is 0 Å². The summed E-state index contributed by atoms with van der Waals surface area (Å²) in [5.74, 6) is 0.261. The number of carbonyl (C=O) groups is 1. The maximum absolute atomic E-state index is 11.5. The zero-order valence-corrected chi connectivity index (χ0v) is 14.5. The van der Waals surface area contributed by atoms with E-state index in [1.165, 1.54) is 11.1 Å². The van der Waals surface area contributed by atoms with Gasteiger partial charge >= 0.3 is 137 Å². The Kier molecular flexibility index (Phi) is 6.95. The first kappa shape index (κ1) is 16.2. The summed E-state index contributed by atoms with van der Waals surface area (Å²) in [7, 11) is 0. The first-order valence-corrected chi connectivity index (χ1v) is 10.0. The van der Waals surface area contributed by atoms with E-state index in [2.05, 4.69) is 24.3 Å². The topological polar surface area (TPSA) is 26.3 Å². The number of hydrogen-bond donors (Lipinski definition) is 0. The molecule has 21 heavy (non-hydrogen) atoms. The van der Waals surface area contributed by atoms with Crippen molar-refractivity contribution in [2.24, 2.45) is 0 Å². The summed E-state index contributed by atoms with van der Waals surface area (Å²) in [4.78, 5) is 11.5. The molecule has 110 valence electrons. The van der Waals surface area contributed by atoms with Gasteiger partial charge in [-0.05, 0) is 0 Å². The van der Waals surface area contributed by atoms with Gasteiger partial charge in [-0.25, -0.2) is 0 Å². The van der Waals surface area contributed by atoms with Gasteiger partial charge in [-0.2, -0.15) is 0 Å². The van der Waals surface area contributed by atoms with Crippen LogP contribution in [-0.4, -0.2) is 31.4 Å². The van der Waals surface area contributed by atoms with E-state index in [1.54, 1.807) is 6.92 Å². The third kappa shape index (κ3) is 6.01. The van der Waals surface area contributed by atoms with Crippen molar-refractivity contribution in [3.8, 4) is 0 Å². The van der Waals surface area contributed by atoms with Gasteiger partial charge in [0.25, 0.3) is 0 Å². The van der Waals surface area contributed by atoms with E-state index in [0.717, 1.165) is 4.65 Å². The van der Waals surface area contributed by atoms with E-state index in [9.17, 15) is 4.79 Å². The molecule has 0 bridgehead atoms. The molecular weight excluding hydrogens is 376 g/mol. The molecule has 2 nitrogen and oxygen atoms in total. The van der Waals surface area contributed by atoms with Gasteiger partial charge in [0.2, 0.25) is 0 Å². The van der Waals surface area contributed by atoms with Gasteiger partial charge in [0.15, 0.2) is 0 Å². The summed E-state index contributed by atoms with van der Waals surface area (Å²) < 4.78 is 6.98. The van der Waals surface area contributed by atoms with E-state index >= 15 is 0 Å². The summed E-state index contributed by atoms with van der Waals surface area (Å²) in [6.45, 7) is 2.33. The number of ether oxygens (including phenoxy) is 1. The SMILES string of the molecule is CC(=O)CC([Te]COCc1ccccc1)c1ccccc1. The standard InChI is InChI=1S/C18H20O2Te/c1-15(19)12-18(17-10-6-3-7-11-17)21-14-20-13-16-8-4-2-5-9-16/h2-11,18H,12-14H2,1H3. The molecular formula is C18H20O2Te. The van der Waals surface area contributed by atoms with Crippen LogP contribution in [0.1, 0.15) is 28.4 Å². The maximum atomic E-state index is 11.5. The van der Waals surface area contributed by atoms with Crippen molar-refractivity contribution >= 4 is 26.7 Å². The van der Waals surface area contributed by atoms with Gasteiger partial charge < -0.3 is 0 Å². The number of Topliss-reactive ketones (excluding diaryl/α,β-unsaturated/α-hetero) is 1. The zero-order chi connectivity index (χ0) is 14.9. The molecule has 2 rings (SSSR count). The third-order valence-corrected chi connectivity index (χ3v) is 6.37. The molecule has 2 aromatic rings. The summed E-state index contributed by atoms with van der Waals surface area (Å²) >= 11 is -0.389. The van der Waals surface area contributed by atoms with Crippen LogP contribution in [0.25, 0.3) is 0 Å². The van der Waals surface area contributed by atoms with Gasteiger partial charge in [0.05, 0.1) is 0 Å². The molecule has 0 saturated heterocycles. The fraction of sp³-hybridized carbons (Fsp3) is 0.278. The van der Waals surface area contributed by atoms with Crippen LogP contribution in [0.5, 0.6) is 0 Å². The first-order valence-electron chi connectivity index (χ1n) is 7.03. The first-order chi connectivity index (χ1) is 10.3. The molecule has 0 aliphatic rings. The normalized spacial score (nSPS) is 12.0. The Bertz CT molecular complexity index is 540. The van der Waals surface area contributed by atoms with Gasteiger partial charge in [0.1, 0.15) is 0 Å². The zero-order valence-electron chi connectivity index (χ0n) is 12.2. The predicted molar refractivity (Wildman–Crippen MR) is 86.3 cm³/mol. The van der Waals surface area contributed by atoms with Crippen LogP contribution in [-0.2, 0) is 16.1 Å². The molecule has 0 radical (unpaired) electrons. The molecule has 1 atom stereocenters. The van der Waals surface area contributed by atoms with Crippen LogP contribution in [0.15, 0.2) is 60.7 Å². The van der Waals surface area contributed by atoms with Gasteiger partial charge in [-0.1, -0.05) is 0 Å². The molecule has 0 amide bonds. The van der Waals surface area contributed by atoms with Crippen LogP contribution >= 0.6 is 0 Å².